The number of benzene rings is 1. The maximum Gasteiger partial charge on any atom is 0.316 e. The second kappa shape index (κ2) is 9.82. The summed E-state index contributed by atoms with van der Waals surface area (Å²) in [5, 5.41) is 0. The summed E-state index contributed by atoms with van der Waals surface area (Å²) in [5.74, 6) is 0.756. The van der Waals surface area contributed by atoms with Gasteiger partial charge in [0.2, 0.25) is 0 Å². The van der Waals surface area contributed by atoms with Crippen LogP contribution in [0.3, 0.4) is 0 Å². The molecule has 0 spiro atoms. The third-order valence-corrected chi connectivity index (χ3v) is 6.45. The second-order valence-corrected chi connectivity index (χ2v) is 8.58. The minimum absolute atomic E-state index is 0.0937. The number of aromatic nitrogens is 4. The molecule has 1 aliphatic heterocycles. The van der Waals surface area contributed by atoms with Gasteiger partial charge >= 0.3 is 6.01 Å². The van der Waals surface area contributed by atoms with Crippen LogP contribution in [0.25, 0.3) is 11.0 Å². The number of hydrogen-bond donors (Lipinski definition) is 0. The molecule has 3 heterocycles. The summed E-state index contributed by atoms with van der Waals surface area (Å²) in [6.07, 6.45) is 8.97. The van der Waals surface area contributed by atoms with Crippen molar-refractivity contribution in [3.63, 3.8) is 0 Å². The third kappa shape index (κ3) is 4.98. The molecule has 0 radical (unpaired) electrons. The van der Waals surface area contributed by atoms with Gasteiger partial charge in [0.05, 0.1) is 43.8 Å². The number of rotatable bonds is 6. The Morgan fingerprint density at radius 3 is 2.64 bits per heavy atom. The van der Waals surface area contributed by atoms with Gasteiger partial charge in [0.15, 0.2) is 5.82 Å². The van der Waals surface area contributed by atoms with Crippen LogP contribution in [-0.4, -0.2) is 59.5 Å². The lowest BCUT2D eigenvalue weighted by Gasteiger charge is -2.31. The molecule has 2 fully saturated rings. The molecule has 0 amide bonds. The van der Waals surface area contributed by atoms with Gasteiger partial charge in [-0.05, 0) is 44.1 Å². The van der Waals surface area contributed by atoms with Crippen molar-refractivity contribution in [1.82, 2.24) is 19.9 Å². The molecule has 5 rings (SSSR count). The number of nitrogens with zero attached hydrogens (tertiary/aromatic N) is 5. The maximum absolute atomic E-state index is 14.1. The number of hydrogen-bond acceptors (Lipinski definition) is 8. The molecule has 1 saturated carbocycles. The Bertz CT molecular complexity index is 1100. The summed E-state index contributed by atoms with van der Waals surface area (Å²) >= 11 is 0. The van der Waals surface area contributed by atoms with Crippen LogP contribution in [0, 0.1) is 11.7 Å². The lowest BCUT2D eigenvalue weighted by molar-refractivity contribution is 0.122. The van der Waals surface area contributed by atoms with Crippen molar-refractivity contribution in [2.75, 3.05) is 38.3 Å². The van der Waals surface area contributed by atoms with E-state index >= 15 is 0 Å². The first-order chi connectivity index (χ1) is 16.2. The number of anilines is 1. The summed E-state index contributed by atoms with van der Waals surface area (Å²) in [7, 11) is 1.49. The zero-order chi connectivity index (χ0) is 22.6. The van der Waals surface area contributed by atoms with E-state index in [2.05, 4.69) is 37.0 Å². The Morgan fingerprint density at radius 1 is 1.06 bits per heavy atom. The van der Waals surface area contributed by atoms with E-state index in [0.717, 1.165) is 74.5 Å². The fourth-order valence-corrected chi connectivity index (χ4v) is 4.66. The average Bonchev–Trinajstić information content (AvgIpc) is 2.87. The van der Waals surface area contributed by atoms with Crippen LogP contribution < -0.4 is 14.4 Å². The Morgan fingerprint density at radius 2 is 1.85 bits per heavy atom. The van der Waals surface area contributed by atoms with Gasteiger partial charge in [0.25, 0.3) is 0 Å². The van der Waals surface area contributed by atoms with Crippen molar-refractivity contribution in [3.8, 4) is 11.8 Å². The molecule has 1 aromatic carbocycles. The van der Waals surface area contributed by atoms with E-state index in [1.54, 1.807) is 12.4 Å². The Hall–Kier alpha value is -3.07. The molecule has 1 aliphatic carbocycles. The van der Waals surface area contributed by atoms with Gasteiger partial charge < -0.3 is 19.1 Å². The largest absolute Gasteiger partial charge is 0.488 e. The van der Waals surface area contributed by atoms with Crippen LogP contribution in [0.1, 0.15) is 31.4 Å². The zero-order valence-electron chi connectivity index (χ0n) is 18.7. The quantitative estimate of drug-likeness (QED) is 0.560. The van der Waals surface area contributed by atoms with Crippen LogP contribution in [0.2, 0.25) is 0 Å². The van der Waals surface area contributed by atoms with Crippen LogP contribution in [-0.2, 0) is 11.2 Å². The Kier molecular flexibility index (Phi) is 6.48. The number of halogens is 1. The number of fused-ring (bicyclic) bond motifs is 1. The molecular weight excluding hydrogens is 425 g/mol. The highest BCUT2D eigenvalue weighted by molar-refractivity contribution is 5.85. The molecule has 174 valence electrons. The standard InChI is InChI=1S/C24H28FN5O3/c1-31-24-28-15-19(25)20(29-24)12-16-2-4-18(5-3-16)33-22-14-17(30-8-10-32-11-9-30)13-21-23(22)27-7-6-26-21/h6-7,13-16,18H,2-5,8-12H2,1H3. The molecule has 0 unspecified atom stereocenters. The molecule has 2 aromatic heterocycles. The number of ether oxygens (including phenoxy) is 3. The molecule has 1 saturated heterocycles. The van der Waals surface area contributed by atoms with Gasteiger partial charge in [-0.3, -0.25) is 4.98 Å². The zero-order valence-corrected chi connectivity index (χ0v) is 18.7. The van der Waals surface area contributed by atoms with Crippen molar-refractivity contribution >= 4 is 16.7 Å². The predicted molar refractivity (Wildman–Crippen MR) is 121 cm³/mol. The van der Waals surface area contributed by atoms with Crippen molar-refractivity contribution in [2.24, 2.45) is 5.92 Å². The van der Waals surface area contributed by atoms with Gasteiger partial charge in [-0.15, -0.1) is 0 Å². The molecule has 33 heavy (non-hydrogen) atoms. The average molecular weight is 454 g/mol. The number of methoxy groups -OCH3 is 1. The van der Waals surface area contributed by atoms with E-state index < -0.39 is 0 Å². The van der Waals surface area contributed by atoms with E-state index in [0.29, 0.717) is 18.0 Å². The maximum atomic E-state index is 14.1. The molecule has 0 bridgehead atoms. The first-order valence-corrected chi connectivity index (χ1v) is 11.5. The topological polar surface area (TPSA) is 82.5 Å². The minimum Gasteiger partial charge on any atom is -0.488 e. The smallest absolute Gasteiger partial charge is 0.316 e. The normalized spacial score (nSPS) is 21.2. The number of morpholine rings is 1. The highest BCUT2D eigenvalue weighted by Crippen LogP contribution is 2.34. The summed E-state index contributed by atoms with van der Waals surface area (Å²) in [5.41, 5.74) is 3.12. The van der Waals surface area contributed by atoms with Crippen LogP contribution in [0.4, 0.5) is 10.1 Å². The Labute approximate surface area is 192 Å². The SMILES string of the molecule is COc1ncc(F)c(CC2CCC(Oc3cc(N4CCOCC4)cc4nccnc34)CC2)n1. The fraction of sp³-hybridized carbons (Fsp3) is 0.500. The highest BCUT2D eigenvalue weighted by atomic mass is 19.1. The van der Waals surface area contributed by atoms with Gasteiger partial charge in [0.1, 0.15) is 11.3 Å². The van der Waals surface area contributed by atoms with Gasteiger partial charge in [-0.2, -0.15) is 4.98 Å². The molecule has 2 aliphatic rings. The molecule has 0 atom stereocenters. The van der Waals surface area contributed by atoms with E-state index in [1.807, 2.05) is 0 Å². The summed E-state index contributed by atoms with van der Waals surface area (Å²) in [6, 6.07) is 4.36. The lowest BCUT2D eigenvalue weighted by atomic mass is 9.84. The van der Waals surface area contributed by atoms with Crippen LogP contribution in [0.5, 0.6) is 11.8 Å². The van der Waals surface area contributed by atoms with E-state index in [1.165, 1.54) is 13.3 Å². The van der Waals surface area contributed by atoms with Gasteiger partial charge in [0, 0.05) is 37.2 Å². The molecule has 3 aromatic rings. The Balaban J connectivity index is 1.27. The van der Waals surface area contributed by atoms with Crippen LogP contribution >= 0.6 is 0 Å². The summed E-state index contributed by atoms with van der Waals surface area (Å²) in [6.45, 7) is 3.14. The first kappa shape index (κ1) is 21.8. The van der Waals surface area contributed by atoms with Crippen molar-refractivity contribution < 1.29 is 18.6 Å². The summed E-state index contributed by atoms with van der Waals surface area (Å²) in [4.78, 5) is 19.4. The van der Waals surface area contributed by atoms with E-state index in [4.69, 9.17) is 14.2 Å². The highest BCUT2D eigenvalue weighted by Gasteiger charge is 2.25. The molecule has 0 N–H and O–H groups in total. The van der Waals surface area contributed by atoms with Crippen LogP contribution in [0.15, 0.2) is 30.7 Å². The van der Waals surface area contributed by atoms with Gasteiger partial charge in [-0.25, -0.2) is 14.4 Å². The van der Waals surface area contributed by atoms with E-state index in [-0.39, 0.29) is 17.9 Å². The van der Waals surface area contributed by atoms with Crippen molar-refractivity contribution in [1.29, 1.82) is 0 Å². The second-order valence-electron chi connectivity index (χ2n) is 8.58. The lowest BCUT2D eigenvalue weighted by Crippen LogP contribution is -2.36. The summed E-state index contributed by atoms with van der Waals surface area (Å²) < 4.78 is 31.1. The molecule has 9 heteroatoms. The first-order valence-electron chi connectivity index (χ1n) is 11.5. The molecule has 8 nitrogen and oxygen atoms in total. The van der Waals surface area contributed by atoms with E-state index in [9.17, 15) is 4.39 Å². The molecular formula is C24H28FN5O3. The van der Waals surface area contributed by atoms with Crippen molar-refractivity contribution in [3.05, 3.63) is 42.2 Å². The van der Waals surface area contributed by atoms with Gasteiger partial charge in [-0.1, -0.05) is 0 Å². The predicted octanol–water partition coefficient (Wildman–Crippen LogP) is 3.58. The third-order valence-electron chi connectivity index (χ3n) is 6.45. The minimum atomic E-state index is -0.376. The fourth-order valence-electron chi connectivity index (χ4n) is 4.66. The monoisotopic (exact) mass is 453 g/mol. The van der Waals surface area contributed by atoms with Crippen molar-refractivity contribution in [2.45, 2.75) is 38.2 Å².